The number of halogens is 1. The van der Waals surface area contributed by atoms with Crippen LogP contribution >= 0.6 is 13.6 Å². The molecule has 0 saturated heterocycles. The van der Waals surface area contributed by atoms with Gasteiger partial charge in [0, 0.05) is 0 Å². The van der Waals surface area contributed by atoms with Crippen molar-refractivity contribution in [1.82, 2.24) is 0 Å². The molecule has 1 aromatic rings. The third-order valence-corrected chi connectivity index (χ3v) is 1.95. The van der Waals surface area contributed by atoms with Gasteiger partial charge in [-0.25, -0.2) is 5.26 Å². The number of hydrogen-bond acceptors (Lipinski definition) is 1. The minimum atomic E-state index is 0.661. The summed E-state index contributed by atoms with van der Waals surface area (Å²) in [5.74, 6) is 0. The Hall–Kier alpha value is -1.10. The summed E-state index contributed by atoms with van der Waals surface area (Å²) in [6.45, 7) is 7.32. The molecule has 0 aliphatic carbocycles. The van der Waals surface area contributed by atoms with Crippen LogP contribution in [0, 0.1) is 17.8 Å². The van der Waals surface area contributed by atoms with Crippen molar-refractivity contribution in [1.29, 1.82) is 5.26 Å². The average Bonchev–Trinajstić information content (AvgIpc) is 2.41. The Bertz CT molecular complexity index is 444. The number of rotatable bonds is 4. The van der Waals surface area contributed by atoms with E-state index >= 15 is 0 Å². The first kappa shape index (κ1) is 15.9. The molecular weight excluding hydrogens is 327 g/mol. The standard InChI is InChI=1S/C14H12N.BrH.Zn/c1-3-7-12(4-2)10-13-8-5-6-9-14(13)11-15;;/h3-10H,1-2H2;1H;/q-1;;+2/p-1/b12-7+;;. The summed E-state index contributed by atoms with van der Waals surface area (Å²) in [5, 5.41) is 8.90. The quantitative estimate of drug-likeness (QED) is 0.457. The van der Waals surface area contributed by atoms with Gasteiger partial charge in [0.05, 0.1) is 6.07 Å². The minimum absolute atomic E-state index is 0.661. The van der Waals surface area contributed by atoms with E-state index in [2.05, 4.69) is 32.9 Å². The van der Waals surface area contributed by atoms with E-state index in [9.17, 15) is 0 Å². The first-order valence-electron chi connectivity index (χ1n) is 4.87. The monoisotopic (exact) mass is 337 g/mol. The van der Waals surface area contributed by atoms with E-state index in [4.69, 9.17) is 5.26 Å². The second-order valence-electron chi connectivity index (χ2n) is 2.95. The zero-order valence-electron chi connectivity index (χ0n) is 9.57. The Morgan fingerprint density at radius 2 is 2.00 bits per heavy atom. The summed E-state index contributed by atoms with van der Waals surface area (Å²) < 4.78 is 0. The Morgan fingerprint density at radius 3 is 2.53 bits per heavy atom. The summed E-state index contributed by atoms with van der Waals surface area (Å²) in [7, 11) is 0. The van der Waals surface area contributed by atoms with Crippen molar-refractivity contribution in [2.24, 2.45) is 0 Å². The SMILES string of the molecule is C=C/C=C(\C=C)[CH-]c1ccccc1C#N.[Zn+][Br]. The molecule has 0 atom stereocenters. The molecule has 3 heteroatoms. The summed E-state index contributed by atoms with van der Waals surface area (Å²) in [6.07, 6.45) is 7.19. The van der Waals surface area contributed by atoms with Crippen LogP contribution in [0.5, 0.6) is 0 Å². The van der Waals surface area contributed by atoms with Crippen molar-refractivity contribution in [3.8, 4) is 6.07 Å². The van der Waals surface area contributed by atoms with Gasteiger partial charge in [-0.15, -0.1) is 55.0 Å². The van der Waals surface area contributed by atoms with Gasteiger partial charge in [0.2, 0.25) is 0 Å². The summed E-state index contributed by atoms with van der Waals surface area (Å²) in [6, 6.07) is 9.59. The molecule has 0 aromatic heterocycles. The van der Waals surface area contributed by atoms with Gasteiger partial charge in [-0.3, -0.25) is 0 Å². The second kappa shape index (κ2) is 10.1. The zero-order chi connectivity index (χ0) is 13.1. The second-order valence-corrected chi connectivity index (χ2v) is 2.95. The first-order chi connectivity index (χ1) is 8.31. The maximum atomic E-state index is 8.90. The predicted molar refractivity (Wildman–Crippen MR) is 72.0 cm³/mol. The Kier molecular flexibility index (Phi) is 9.43. The van der Waals surface area contributed by atoms with Crippen molar-refractivity contribution in [3.63, 3.8) is 0 Å². The maximum absolute atomic E-state index is 8.90. The summed E-state index contributed by atoms with van der Waals surface area (Å²) in [5.41, 5.74) is 2.50. The molecule has 0 N–H and O–H groups in total. The van der Waals surface area contributed by atoms with Crippen LogP contribution in [-0.2, 0) is 16.3 Å². The van der Waals surface area contributed by atoms with Crippen LogP contribution in [0.4, 0.5) is 0 Å². The Balaban J connectivity index is 0.00000121. The molecule has 0 saturated carbocycles. The van der Waals surface area contributed by atoms with Gasteiger partial charge in [0.15, 0.2) is 0 Å². The van der Waals surface area contributed by atoms with Crippen LogP contribution in [0.1, 0.15) is 11.1 Å². The van der Waals surface area contributed by atoms with E-state index < -0.39 is 0 Å². The van der Waals surface area contributed by atoms with Crippen LogP contribution in [-0.4, -0.2) is 0 Å². The van der Waals surface area contributed by atoms with E-state index in [0.29, 0.717) is 5.56 Å². The van der Waals surface area contributed by atoms with Crippen LogP contribution in [0.2, 0.25) is 0 Å². The van der Waals surface area contributed by atoms with Crippen molar-refractivity contribution < 1.29 is 16.3 Å². The molecule has 0 bridgehead atoms. The molecule has 0 aliphatic heterocycles. The van der Waals surface area contributed by atoms with Crippen molar-refractivity contribution in [3.05, 3.63) is 78.8 Å². The number of benzene rings is 1. The van der Waals surface area contributed by atoms with E-state index in [1.54, 1.807) is 18.2 Å². The Labute approximate surface area is 120 Å². The van der Waals surface area contributed by atoms with Gasteiger partial charge in [0.1, 0.15) is 0 Å². The van der Waals surface area contributed by atoms with Crippen molar-refractivity contribution >= 4 is 13.6 Å². The predicted octanol–water partition coefficient (Wildman–Crippen LogP) is 4.25. The van der Waals surface area contributed by atoms with E-state index in [1.807, 2.05) is 30.7 Å². The third-order valence-electron chi connectivity index (χ3n) is 1.95. The molecule has 0 spiro atoms. The molecule has 0 fully saturated rings. The molecule has 1 aromatic carbocycles. The van der Waals surface area contributed by atoms with Crippen molar-refractivity contribution in [2.45, 2.75) is 0 Å². The van der Waals surface area contributed by atoms with Gasteiger partial charge < -0.3 is 0 Å². The molecule has 0 heterocycles. The van der Waals surface area contributed by atoms with E-state index in [-0.39, 0.29) is 0 Å². The molecule has 1 nitrogen and oxygen atoms in total. The number of hydrogen-bond donors (Lipinski definition) is 0. The number of nitrogens with zero attached hydrogens (tertiary/aromatic N) is 1. The van der Waals surface area contributed by atoms with Gasteiger partial charge in [0.25, 0.3) is 0 Å². The molecule has 0 amide bonds. The van der Waals surface area contributed by atoms with Crippen LogP contribution in [0.3, 0.4) is 0 Å². The summed E-state index contributed by atoms with van der Waals surface area (Å²) >= 11 is 4.25. The van der Waals surface area contributed by atoms with Gasteiger partial charge in [-0.05, 0) is 5.56 Å². The molecule has 17 heavy (non-hydrogen) atoms. The van der Waals surface area contributed by atoms with Gasteiger partial charge >= 0.3 is 30.0 Å². The van der Waals surface area contributed by atoms with Crippen molar-refractivity contribution in [2.75, 3.05) is 0 Å². The number of nitriles is 1. The third kappa shape index (κ3) is 5.68. The molecule has 1 rings (SSSR count). The van der Waals surface area contributed by atoms with Crippen LogP contribution in [0.25, 0.3) is 0 Å². The fraction of sp³-hybridized carbons (Fsp3) is 0. The fourth-order valence-electron chi connectivity index (χ4n) is 1.22. The first-order valence-corrected chi connectivity index (χ1v) is 11.8. The normalized spacial score (nSPS) is 9.41. The molecule has 0 radical (unpaired) electrons. The zero-order valence-corrected chi connectivity index (χ0v) is 14.1. The topological polar surface area (TPSA) is 23.8 Å². The average molecular weight is 340 g/mol. The summed E-state index contributed by atoms with van der Waals surface area (Å²) in [4.78, 5) is 0. The molecule has 82 valence electrons. The van der Waals surface area contributed by atoms with Crippen LogP contribution < -0.4 is 0 Å². The van der Waals surface area contributed by atoms with E-state index in [1.165, 1.54) is 16.3 Å². The Morgan fingerprint density at radius 1 is 1.35 bits per heavy atom. The molecule has 0 aliphatic rings. The fourth-order valence-corrected chi connectivity index (χ4v) is 1.22. The number of allylic oxidation sites excluding steroid dienone is 4. The van der Waals surface area contributed by atoms with E-state index in [0.717, 1.165) is 11.1 Å². The van der Waals surface area contributed by atoms with Gasteiger partial charge in [-0.2, -0.15) is 0 Å². The molecular formula is C14H12BrNZn. The molecule has 0 unspecified atom stereocenters. The van der Waals surface area contributed by atoms with Gasteiger partial charge in [-0.1, -0.05) is 18.2 Å². The van der Waals surface area contributed by atoms with Crippen LogP contribution in [0.15, 0.2) is 61.2 Å².